The minimum atomic E-state index is -1.50. The summed E-state index contributed by atoms with van der Waals surface area (Å²) >= 11 is 3.33. The second kappa shape index (κ2) is 12.3. The molecule has 0 atom stereocenters. The van der Waals surface area contributed by atoms with Crippen LogP contribution in [0.15, 0.2) is 41.4 Å². The van der Waals surface area contributed by atoms with Crippen molar-refractivity contribution in [3.05, 3.63) is 52.5 Å². The van der Waals surface area contributed by atoms with E-state index in [9.17, 15) is 0 Å². The van der Waals surface area contributed by atoms with Crippen molar-refractivity contribution in [3.8, 4) is 11.3 Å². The summed E-state index contributed by atoms with van der Waals surface area (Å²) < 4.78 is 1.01. The molecule has 4 heterocycles. The van der Waals surface area contributed by atoms with E-state index in [-0.39, 0.29) is 13.0 Å². The summed E-state index contributed by atoms with van der Waals surface area (Å²) in [4.78, 5) is 11.3. The molecule has 2 aliphatic carbocycles. The highest BCUT2D eigenvalue weighted by atomic mass is 79.9. The van der Waals surface area contributed by atoms with Gasteiger partial charge in [0.25, 0.3) is 0 Å². The maximum absolute atomic E-state index is 8.68. The molecule has 2 aliphatic rings. The Kier molecular flexibility index (Phi) is 9.35. The Bertz CT molecular complexity index is 1280. The Morgan fingerprint density at radius 3 is 1.92 bits per heavy atom. The van der Waals surface area contributed by atoms with Crippen LogP contribution >= 0.6 is 15.9 Å². The molecule has 0 saturated heterocycles. The van der Waals surface area contributed by atoms with Gasteiger partial charge in [0, 0.05) is 33.6 Å². The van der Waals surface area contributed by atoms with Crippen LogP contribution in [-0.4, -0.2) is 57.1 Å². The minimum absolute atomic E-state index is 0. The van der Waals surface area contributed by atoms with E-state index < -0.39 is 7.12 Å². The van der Waals surface area contributed by atoms with Gasteiger partial charge in [-0.3, -0.25) is 0 Å². The summed E-state index contributed by atoms with van der Waals surface area (Å²) in [6.45, 7) is 3.88. The molecule has 37 heavy (non-hydrogen) atoms. The third-order valence-electron chi connectivity index (χ3n) is 5.74. The first kappa shape index (κ1) is 28.2. The molecule has 4 aromatic rings. The van der Waals surface area contributed by atoms with Gasteiger partial charge in [-0.25, -0.2) is 9.97 Å². The van der Waals surface area contributed by atoms with Crippen molar-refractivity contribution in [2.45, 2.75) is 59.0 Å². The summed E-state index contributed by atoms with van der Waals surface area (Å²) in [6.07, 6.45) is 11.1. The van der Waals surface area contributed by atoms with Crippen LogP contribution in [0, 0.1) is 13.8 Å². The van der Waals surface area contributed by atoms with Crippen molar-refractivity contribution in [1.82, 2.24) is 40.0 Å². The van der Waals surface area contributed by atoms with Crippen molar-refractivity contribution < 1.29 is 10.0 Å². The van der Waals surface area contributed by atoms with Gasteiger partial charge in [0.1, 0.15) is 22.9 Å². The molecule has 0 unspecified atom stereocenters. The topological polar surface area (TPSA) is 180 Å². The molecule has 14 heteroatoms. The van der Waals surface area contributed by atoms with Crippen molar-refractivity contribution in [1.29, 1.82) is 0 Å². The van der Waals surface area contributed by atoms with Crippen LogP contribution in [0.5, 0.6) is 0 Å². The lowest BCUT2D eigenvalue weighted by atomic mass is 9.87. The number of hydrogen-bond donors (Lipinski definition) is 4. The van der Waals surface area contributed by atoms with Crippen LogP contribution in [0.3, 0.4) is 0 Å². The van der Waals surface area contributed by atoms with Gasteiger partial charge in [-0.15, -0.1) is 0 Å². The first-order valence-corrected chi connectivity index (χ1v) is 12.3. The molecule has 0 radical (unpaired) electrons. The predicted octanol–water partition coefficient (Wildman–Crippen LogP) is 2.23. The standard InChI is InChI=1S/C11H13N5.C6H7BrN2.C5H8BN3O2.CH4/c1-7-9(4-5-13-11(7)12)10-6-14-16(15-10)8-2-3-8;1-4-5(7)2-3-9-6(4)8;10-6(11)5-3-7-9(8-5)4-1-2-4;/h4-6,8H,2-3H2,1H3,(H2,12,13);2-3H,1H3,(H2,8,9);3-4,10-11H,1-2H2;1H4. The molecule has 0 bridgehead atoms. The highest BCUT2D eigenvalue weighted by Crippen LogP contribution is 2.34. The quantitative estimate of drug-likeness (QED) is 0.266. The number of nitrogens with zero attached hydrogens (tertiary/aromatic N) is 8. The van der Waals surface area contributed by atoms with Crippen molar-refractivity contribution in [3.63, 3.8) is 0 Å². The number of hydrogen-bond acceptors (Lipinski definition) is 10. The molecule has 2 saturated carbocycles. The van der Waals surface area contributed by atoms with E-state index in [1.165, 1.54) is 23.8 Å². The highest BCUT2D eigenvalue weighted by molar-refractivity contribution is 9.10. The minimum Gasteiger partial charge on any atom is -0.422 e. The average Bonchev–Trinajstić information content (AvgIpc) is 3.79. The van der Waals surface area contributed by atoms with Crippen LogP contribution in [-0.2, 0) is 0 Å². The molecule has 0 aromatic carbocycles. The van der Waals surface area contributed by atoms with Gasteiger partial charge in [0.05, 0.1) is 24.5 Å². The van der Waals surface area contributed by atoms with Crippen molar-refractivity contribution >= 4 is 40.3 Å². The fourth-order valence-corrected chi connectivity index (χ4v) is 3.45. The molecule has 0 spiro atoms. The van der Waals surface area contributed by atoms with E-state index in [2.05, 4.69) is 46.3 Å². The Hall–Kier alpha value is -3.36. The summed E-state index contributed by atoms with van der Waals surface area (Å²) in [7, 11) is -1.50. The monoisotopic (exact) mass is 570 g/mol. The molecule has 0 amide bonds. The summed E-state index contributed by atoms with van der Waals surface area (Å²) in [6, 6.07) is 4.69. The van der Waals surface area contributed by atoms with Crippen LogP contribution in [0.25, 0.3) is 11.3 Å². The zero-order valence-electron chi connectivity index (χ0n) is 20.0. The zero-order valence-corrected chi connectivity index (χ0v) is 21.6. The summed E-state index contributed by atoms with van der Waals surface area (Å²) in [5.41, 5.74) is 15.3. The Balaban J connectivity index is 0.000000160. The molecule has 6 rings (SSSR count). The van der Waals surface area contributed by atoms with Gasteiger partial charge in [-0.05, 0) is 51.7 Å². The predicted molar refractivity (Wildman–Crippen MR) is 147 cm³/mol. The first-order valence-electron chi connectivity index (χ1n) is 11.5. The van der Waals surface area contributed by atoms with Gasteiger partial charge >= 0.3 is 7.12 Å². The number of halogens is 1. The summed E-state index contributed by atoms with van der Waals surface area (Å²) in [5.74, 6) is 1.14. The average molecular weight is 571 g/mol. The van der Waals surface area contributed by atoms with E-state index in [1.807, 2.05) is 26.0 Å². The molecular formula is C23H32BBrN10O2. The molecule has 12 nitrogen and oxygen atoms in total. The SMILES string of the molecule is C.Cc1c(-c2cnn(C3CC3)n2)ccnc1N.Cc1c(Br)ccnc1N.OB(O)c1cnn(C2CC2)n1. The number of anilines is 2. The van der Waals surface area contributed by atoms with Crippen LogP contribution in [0.2, 0.25) is 0 Å². The van der Waals surface area contributed by atoms with Gasteiger partial charge in [-0.1, -0.05) is 23.4 Å². The van der Waals surface area contributed by atoms with Crippen molar-refractivity contribution in [2.75, 3.05) is 11.5 Å². The number of rotatable bonds is 4. The van der Waals surface area contributed by atoms with Gasteiger partial charge in [0.2, 0.25) is 0 Å². The third-order valence-corrected chi connectivity index (χ3v) is 6.60. The fourth-order valence-electron chi connectivity index (χ4n) is 3.13. The second-order valence-electron chi connectivity index (χ2n) is 8.65. The third kappa shape index (κ3) is 7.34. The van der Waals surface area contributed by atoms with Crippen LogP contribution in [0.4, 0.5) is 11.6 Å². The Labute approximate surface area is 224 Å². The normalized spacial score (nSPS) is 14.0. The maximum Gasteiger partial charge on any atom is 0.511 e. The lowest BCUT2D eigenvalue weighted by Crippen LogP contribution is -2.31. The van der Waals surface area contributed by atoms with E-state index in [0.717, 1.165) is 39.7 Å². The largest absolute Gasteiger partial charge is 0.511 e. The van der Waals surface area contributed by atoms with Gasteiger partial charge in [0.15, 0.2) is 0 Å². The van der Waals surface area contributed by atoms with Crippen molar-refractivity contribution in [2.24, 2.45) is 0 Å². The number of aromatic nitrogens is 8. The first-order chi connectivity index (χ1) is 17.2. The molecular weight excluding hydrogens is 539 g/mol. The van der Waals surface area contributed by atoms with Crippen LogP contribution in [0.1, 0.15) is 56.3 Å². The summed E-state index contributed by atoms with van der Waals surface area (Å²) in [5, 5.41) is 33.9. The van der Waals surface area contributed by atoms with E-state index in [4.69, 9.17) is 21.5 Å². The zero-order chi connectivity index (χ0) is 25.8. The molecule has 2 fully saturated rings. The van der Waals surface area contributed by atoms with Gasteiger partial charge in [-0.2, -0.15) is 30.0 Å². The fraction of sp³-hybridized carbons (Fsp3) is 0.391. The molecule has 0 aliphatic heterocycles. The molecule has 4 aromatic heterocycles. The van der Waals surface area contributed by atoms with E-state index in [0.29, 0.717) is 23.7 Å². The number of nitrogens with two attached hydrogens (primary N) is 2. The van der Waals surface area contributed by atoms with E-state index >= 15 is 0 Å². The molecule has 6 N–H and O–H groups in total. The molecule has 196 valence electrons. The number of pyridine rings is 2. The smallest absolute Gasteiger partial charge is 0.422 e. The highest BCUT2D eigenvalue weighted by Gasteiger charge is 2.27. The van der Waals surface area contributed by atoms with Gasteiger partial charge < -0.3 is 21.5 Å². The Morgan fingerprint density at radius 1 is 0.865 bits per heavy atom. The van der Waals surface area contributed by atoms with E-state index in [1.54, 1.807) is 23.4 Å². The lowest BCUT2D eigenvalue weighted by Gasteiger charge is -2.03. The van der Waals surface area contributed by atoms with Crippen LogP contribution < -0.4 is 17.1 Å². The second-order valence-corrected chi connectivity index (χ2v) is 9.50. The lowest BCUT2D eigenvalue weighted by molar-refractivity contribution is 0.423. The number of nitrogen functional groups attached to an aromatic ring is 2. The Morgan fingerprint density at radius 2 is 1.41 bits per heavy atom. The maximum atomic E-state index is 8.68.